The molecule has 1 aliphatic rings. The molecule has 0 bridgehead atoms. The summed E-state index contributed by atoms with van der Waals surface area (Å²) >= 11 is 0. The van der Waals surface area contributed by atoms with E-state index in [9.17, 15) is 9.59 Å². The van der Waals surface area contributed by atoms with E-state index in [-0.39, 0.29) is 12.1 Å². The number of hydrogen-bond donors (Lipinski definition) is 1. The number of benzene rings is 2. The van der Waals surface area contributed by atoms with E-state index < -0.39 is 5.91 Å². The molecule has 8 heteroatoms. The normalized spacial score (nSPS) is 14.7. The second-order valence-electron chi connectivity index (χ2n) is 7.57. The number of amides is 1. The average molecular weight is 422 g/mol. The fraction of sp³-hybridized carbons (Fsp3) is 0.348. The standard InChI is InChI=1S/C23H27N5O3/c1-2-31-20-10-6-5-9-19(20)27-13-11-26(12-14-27)16-22-25-18-8-4-3-7-17(18)23(30)28(22)15-21(24)29/h3-10H,2,11-16H2,1H3,(H2,24,29). The van der Waals surface area contributed by atoms with Gasteiger partial charge in [0.2, 0.25) is 5.91 Å². The van der Waals surface area contributed by atoms with E-state index in [1.807, 2.05) is 37.3 Å². The number of rotatable bonds is 7. The summed E-state index contributed by atoms with van der Waals surface area (Å²) in [6, 6.07) is 15.3. The van der Waals surface area contributed by atoms with Crippen molar-refractivity contribution in [1.29, 1.82) is 0 Å². The Morgan fingerprint density at radius 1 is 1.06 bits per heavy atom. The molecule has 0 atom stereocenters. The number of ether oxygens (including phenoxy) is 1. The third-order valence-electron chi connectivity index (χ3n) is 5.50. The van der Waals surface area contributed by atoms with Crippen LogP contribution in [0.15, 0.2) is 53.3 Å². The fourth-order valence-electron chi connectivity index (χ4n) is 4.00. The van der Waals surface area contributed by atoms with E-state index in [4.69, 9.17) is 10.5 Å². The highest BCUT2D eigenvalue weighted by Gasteiger charge is 2.22. The predicted octanol–water partition coefficient (Wildman–Crippen LogP) is 1.60. The first-order valence-corrected chi connectivity index (χ1v) is 10.5. The van der Waals surface area contributed by atoms with Crippen LogP contribution in [0.3, 0.4) is 0 Å². The van der Waals surface area contributed by atoms with Crippen LogP contribution in [0.25, 0.3) is 10.9 Å². The molecule has 162 valence electrons. The Morgan fingerprint density at radius 2 is 1.77 bits per heavy atom. The van der Waals surface area contributed by atoms with Crippen molar-refractivity contribution in [2.45, 2.75) is 20.0 Å². The Morgan fingerprint density at radius 3 is 2.52 bits per heavy atom. The Balaban J connectivity index is 1.53. The van der Waals surface area contributed by atoms with Crippen LogP contribution < -0.4 is 20.9 Å². The summed E-state index contributed by atoms with van der Waals surface area (Å²) in [7, 11) is 0. The lowest BCUT2D eigenvalue weighted by atomic mass is 10.2. The quantitative estimate of drug-likeness (QED) is 0.623. The summed E-state index contributed by atoms with van der Waals surface area (Å²) in [4.78, 5) is 33.8. The number of carbonyl (C=O) groups excluding carboxylic acids is 1. The van der Waals surface area contributed by atoms with E-state index in [2.05, 4.69) is 20.9 Å². The number of hydrogen-bond acceptors (Lipinski definition) is 6. The van der Waals surface area contributed by atoms with Gasteiger partial charge in [-0.05, 0) is 31.2 Å². The van der Waals surface area contributed by atoms with E-state index in [1.165, 1.54) is 4.57 Å². The summed E-state index contributed by atoms with van der Waals surface area (Å²) in [5, 5.41) is 0.491. The number of nitrogens with two attached hydrogens (primary N) is 1. The maximum atomic E-state index is 12.9. The maximum absolute atomic E-state index is 12.9. The molecule has 0 unspecified atom stereocenters. The van der Waals surface area contributed by atoms with Gasteiger partial charge >= 0.3 is 0 Å². The lowest BCUT2D eigenvalue weighted by molar-refractivity contribution is -0.118. The number of anilines is 1. The van der Waals surface area contributed by atoms with Crippen molar-refractivity contribution < 1.29 is 9.53 Å². The molecule has 1 saturated heterocycles. The summed E-state index contributed by atoms with van der Waals surface area (Å²) in [5.74, 6) is 0.897. The average Bonchev–Trinajstić information content (AvgIpc) is 2.77. The molecule has 1 aromatic heterocycles. The van der Waals surface area contributed by atoms with Crippen LogP contribution in [0, 0.1) is 0 Å². The number of primary amides is 1. The zero-order valence-electron chi connectivity index (χ0n) is 17.7. The van der Waals surface area contributed by atoms with Crippen LogP contribution in [0.2, 0.25) is 0 Å². The summed E-state index contributed by atoms with van der Waals surface area (Å²) in [5.41, 5.74) is 6.90. The number of aromatic nitrogens is 2. The van der Waals surface area contributed by atoms with Crippen LogP contribution >= 0.6 is 0 Å². The Labute approximate surface area is 180 Å². The molecule has 2 aromatic carbocycles. The minimum atomic E-state index is -0.558. The minimum Gasteiger partial charge on any atom is -0.492 e. The van der Waals surface area contributed by atoms with Crippen molar-refractivity contribution in [1.82, 2.24) is 14.5 Å². The SMILES string of the molecule is CCOc1ccccc1N1CCN(Cc2nc3ccccc3c(=O)n2CC(N)=O)CC1. The van der Waals surface area contributed by atoms with E-state index >= 15 is 0 Å². The molecule has 8 nitrogen and oxygen atoms in total. The lowest BCUT2D eigenvalue weighted by Gasteiger charge is -2.36. The Bertz CT molecular complexity index is 1140. The molecule has 1 amide bonds. The number of para-hydroxylation sites is 3. The first-order chi connectivity index (χ1) is 15.1. The van der Waals surface area contributed by atoms with Crippen LogP contribution in [0.5, 0.6) is 5.75 Å². The monoisotopic (exact) mass is 421 g/mol. The zero-order chi connectivity index (χ0) is 21.8. The first kappa shape index (κ1) is 20.9. The molecule has 31 heavy (non-hydrogen) atoms. The number of piperazine rings is 1. The summed E-state index contributed by atoms with van der Waals surface area (Å²) in [6.45, 7) is 6.19. The third-order valence-corrected chi connectivity index (χ3v) is 5.50. The number of fused-ring (bicyclic) bond motifs is 1. The van der Waals surface area contributed by atoms with Gasteiger partial charge in [-0.1, -0.05) is 24.3 Å². The highest BCUT2D eigenvalue weighted by molar-refractivity contribution is 5.78. The van der Waals surface area contributed by atoms with Gasteiger partial charge in [-0.2, -0.15) is 0 Å². The third kappa shape index (κ3) is 4.54. The van der Waals surface area contributed by atoms with Gasteiger partial charge in [-0.3, -0.25) is 19.1 Å². The molecule has 0 saturated carbocycles. The van der Waals surface area contributed by atoms with Gasteiger partial charge in [0.05, 0.1) is 29.7 Å². The van der Waals surface area contributed by atoms with Crippen molar-refractivity contribution in [3.8, 4) is 5.75 Å². The molecule has 0 radical (unpaired) electrons. The van der Waals surface area contributed by atoms with E-state index in [0.717, 1.165) is 37.6 Å². The summed E-state index contributed by atoms with van der Waals surface area (Å²) < 4.78 is 7.18. The maximum Gasteiger partial charge on any atom is 0.261 e. The molecule has 2 N–H and O–H groups in total. The van der Waals surface area contributed by atoms with Crippen molar-refractivity contribution in [3.05, 3.63) is 64.7 Å². The van der Waals surface area contributed by atoms with Crippen molar-refractivity contribution >= 4 is 22.5 Å². The van der Waals surface area contributed by atoms with Crippen molar-refractivity contribution in [2.24, 2.45) is 5.73 Å². The van der Waals surface area contributed by atoms with E-state index in [1.54, 1.807) is 12.1 Å². The molecular formula is C23H27N5O3. The van der Waals surface area contributed by atoms with Gasteiger partial charge in [0.15, 0.2) is 0 Å². The largest absolute Gasteiger partial charge is 0.492 e. The molecule has 3 aromatic rings. The predicted molar refractivity (Wildman–Crippen MR) is 120 cm³/mol. The molecule has 2 heterocycles. The molecule has 0 spiro atoms. The lowest BCUT2D eigenvalue weighted by Crippen LogP contribution is -2.47. The molecule has 0 aliphatic carbocycles. The van der Waals surface area contributed by atoms with Crippen LogP contribution in [0.1, 0.15) is 12.7 Å². The minimum absolute atomic E-state index is 0.173. The van der Waals surface area contributed by atoms with Gasteiger partial charge < -0.3 is 15.4 Å². The second kappa shape index (κ2) is 9.18. The van der Waals surface area contributed by atoms with Gasteiger partial charge in [0, 0.05) is 26.2 Å². The molecule has 4 rings (SSSR count). The van der Waals surface area contributed by atoms with E-state index in [0.29, 0.717) is 29.9 Å². The molecule has 1 fully saturated rings. The second-order valence-corrected chi connectivity index (χ2v) is 7.57. The Kier molecular flexibility index (Phi) is 6.18. The molecular weight excluding hydrogens is 394 g/mol. The topological polar surface area (TPSA) is 93.7 Å². The fourth-order valence-corrected chi connectivity index (χ4v) is 4.00. The smallest absolute Gasteiger partial charge is 0.261 e. The van der Waals surface area contributed by atoms with Crippen molar-refractivity contribution in [3.63, 3.8) is 0 Å². The first-order valence-electron chi connectivity index (χ1n) is 10.5. The van der Waals surface area contributed by atoms with Gasteiger partial charge in [-0.25, -0.2) is 4.98 Å². The van der Waals surface area contributed by atoms with Crippen LogP contribution in [-0.2, 0) is 17.9 Å². The summed E-state index contributed by atoms with van der Waals surface area (Å²) in [6.07, 6.45) is 0. The molecule has 1 aliphatic heterocycles. The van der Waals surface area contributed by atoms with Gasteiger partial charge in [-0.15, -0.1) is 0 Å². The zero-order valence-corrected chi connectivity index (χ0v) is 17.7. The van der Waals surface area contributed by atoms with Gasteiger partial charge in [0.25, 0.3) is 5.56 Å². The highest BCUT2D eigenvalue weighted by Crippen LogP contribution is 2.29. The van der Waals surface area contributed by atoms with Crippen molar-refractivity contribution in [2.75, 3.05) is 37.7 Å². The highest BCUT2D eigenvalue weighted by atomic mass is 16.5. The van der Waals surface area contributed by atoms with Crippen LogP contribution in [-0.4, -0.2) is 53.1 Å². The van der Waals surface area contributed by atoms with Gasteiger partial charge in [0.1, 0.15) is 18.1 Å². The Hall–Kier alpha value is -3.39. The van der Waals surface area contributed by atoms with Crippen LogP contribution in [0.4, 0.5) is 5.69 Å². The number of nitrogens with zero attached hydrogens (tertiary/aromatic N) is 4. The number of carbonyl (C=O) groups is 1.